The average molecular weight is 399 g/mol. The summed E-state index contributed by atoms with van der Waals surface area (Å²) < 4.78 is 35.2. The van der Waals surface area contributed by atoms with Crippen LogP contribution in [0.25, 0.3) is 0 Å². The number of rotatable bonds is 7. The summed E-state index contributed by atoms with van der Waals surface area (Å²) in [5, 5.41) is 0.0730. The minimum atomic E-state index is -3.66. The maximum absolute atomic E-state index is 12.7. The van der Waals surface area contributed by atoms with Crippen molar-refractivity contribution in [1.82, 2.24) is 19.2 Å². The van der Waals surface area contributed by atoms with Crippen molar-refractivity contribution in [2.75, 3.05) is 31.1 Å². The molecule has 0 aromatic carbocycles. The molecule has 26 heavy (non-hydrogen) atoms. The first-order valence-electron chi connectivity index (χ1n) is 8.75. The largest absolute Gasteiger partial charge is 0.472 e. The zero-order valence-corrected chi connectivity index (χ0v) is 17.0. The summed E-state index contributed by atoms with van der Waals surface area (Å²) in [4.78, 5) is 6.62. The third-order valence-electron chi connectivity index (χ3n) is 4.56. The second-order valence-corrected chi connectivity index (χ2v) is 9.71. The Labute approximate surface area is 159 Å². The number of furan rings is 1. The number of thioether (sulfide) groups is 1. The van der Waals surface area contributed by atoms with Crippen molar-refractivity contribution in [2.45, 2.75) is 30.8 Å². The van der Waals surface area contributed by atoms with Gasteiger partial charge in [-0.3, -0.25) is 4.90 Å². The fraction of sp³-hybridized carbons (Fsp3) is 0.588. The fourth-order valence-electron chi connectivity index (χ4n) is 3.19. The summed E-state index contributed by atoms with van der Waals surface area (Å²) in [5.74, 6) is 3.02. The normalized spacial score (nSPS) is 17.7. The van der Waals surface area contributed by atoms with E-state index in [1.807, 2.05) is 38.7 Å². The van der Waals surface area contributed by atoms with Crippen LogP contribution in [-0.4, -0.2) is 54.0 Å². The smallest absolute Gasteiger partial charge is 0.259 e. The van der Waals surface area contributed by atoms with Crippen LogP contribution in [0.15, 0.2) is 34.2 Å². The van der Waals surface area contributed by atoms with Crippen molar-refractivity contribution in [3.8, 4) is 0 Å². The molecule has 1 fully saturated rings. The van der Waals surface area contributed by atoms with Crippen LogP contribution in [0.3, 0.4) is 0 Å². The van der Waals surface area contributed by atoms with Crippen LogP contribution in [0.5, 0.6) is 0 Å². The van der Waals surface area contributed by atoms with Gasteiger partial charge in [-0.2, -0.15) is 11.8 Å². The number of sulfonamides is 1. The summed E-state index contributed by atoms with van der Waals surface area (Å²) in [6, 6.07) is 1.86. The molecule has 0 bridgehead atoms. The van der Waals surface area contributed by atoms with Crippen LogP contribution >= 0.6 is 11.8 Å². The van der Waals surface area contributed by atoms with E-state index in [0.29, 0.717) is 6.54 Å². The van der Waals surface area contributed by atoms with Gasteiger partial charge in [-0.05, 0) is 6.07 Å². The van der Waals surface area contributed by atoms with Gasteiger partial charge in [-0.15, -0.1) is 0 Å². The van der Waals surface area contributed by atoms with Crippen LogP contribution in [0.2, 0.25) is 0 Å². The molecular weight excluding hydrogens is 372 g/mol. The molecule has 0 saturated carbocycles. The molecule has 144 valence electrons. The first kappa shape index (κ1) is 19.5. The van der Waals surface area contributed by atoms with Gasteiger partial charge in [-0.25, -0.2) is 18.1 Å². The molecule has 7 nitrogen and oxygen atoms in total. The molecule has 3 rings (SSSR count). The van der Waals surface area contributed by atoms with Gasteiger partial charge in [0.05, 0.1) is 18.6 Å². The fourth-order valence-corrected chi connectivity index (χ4v) is 5.16. The molecule has 2 aromatic rings. The van der Waals surface area contributed by atoms with Crippen molar-refractivity contribution < 1.29 is 12.8 Å². The monoisotopic (exact) mass is 398 g/mol. The van der Waals surface area contributed by atoms with E-state index in [2.05, 4.69) is 14.6 Å². The molecule has 1 aliphatic heterocycles. The van der Waals surface area contributed by atoms with Gasteiger partial charge >= 0.3 is 0 Å². The van der Waals surface area contributed by atoms with Crippen LogP contribution in [0, 0.1) is 0 Å². The summed E-state index contributed by atoms with van der Waals surface area (Å²) in [7, 11) is -1.84. The maximum atomic E-state index is 12.7. The van der Waals surface area contributed by atoms with Gasteiger partial charge in [0.1, 0.15) is 5.82 Å². The highest BCUT2D eigenvalue weighted by Gasteiger charge is 2.27. The second-order valence-electron chi connectivity index (χ2n) is 6.78. The van der Waals surface area contributed by atoms with E-state index in [0.717, 1.165) is 36.0 Å². The summed E-state index contributed by atoms with van der Waals surface area (Å²) >= 11 is 1.92. The Morgan fingerprint density at radius 3 is 2.65 bits per heavy atom. The lowest BCUT2D eigenvalue weighted by Gasteiger charge is -2.33. The number of hydrogen-bond donors (Lipinski definition) is 1. The molecule has 0 unspecified atom stereocenters. The quantitative estimate of drug-likeness (QED) is 0.770. The molecule has 0 spiro atoms. The van der Waals surface area contributed by atoms with Gasteiger partial charge in [0.2, 0.25) is 0 Å². The highest BCUT2D eigenvalue weighted by atomic mass is 32.2. The molecular formula is C17H26N4O3S2. The standard InChI is InChI=1S/C17H26N4O3S2/c1-13(2)17-19-16(11-20(17)3)26(22,23)18-10-15(14-4-7-24-12-14)21-5-8-25-9-6-21/h4,7,11-13,15,18H,5-6,8-10H2,1-3H3/t15-/m0/s1. The Hall–Kier alpha value is -1.29. The van der Waals surface area contributed by atoms with Crippen LogP contribution < -0.4 is 4.72 Å². The Kier molecular flexibility index (Phi) is 6.11. The SMILES string of the molecule is CC(C)c1nc(S(=O)(=O)NC[C@@H](c2ccoc2)N2CCSCC2)cn1C. The number of hydrogen-bond acceptors (Lipinski definition) is 6. The predicted octanol–water partition coefficient (Wildman–Crippen LogP) is 2.20. The third kappa shape index (κ3) is 4.33. The number of nitrogens with one attached hydrogen (secondary N) is 1. The van der Waals surface area contributed by atoms with Crippen LogP contribution in [0.4, 0.5) is 0 Å². The van der Waals surface area contributed by atoms with E-state index in [-0.39, 0.29) is 17.0 Å². The minimum Gasteiger partial charge on any atom is -0.472 e. The first-order valence-corrected chi connectivity index (χ1v) is 11.4. The van der Waals surface area contributed by atoms with Crippen molar-refractivity contribution in [3.05, 3.63) is 36.2 Å². The van der Waals surface area contributed by atoms with E-state index in [4.69, 9.17) is 4.42 Å². The highest BCUT2D eigenvalue weighted by molar-refractivity contribution is 7.99. The summed E-state index contributed by atoms with van der Waals surface area (Å²) in [6.45, 7) is 6.15. The molecule has 0 amide bonds. The van der Waals surface area contributed by atoms with Crippen molar-refractivity contribution in [2.24, 2.45) is 7.05 Å². The summed E-state index contributed by atoms with van der Waals surface area (Å²) in [5.41, 5.74) is 0.989. The second kappa shape index (κ2) is 8.16. The number of aryl methyl sites for hydroxylation is 1. The molecule has 3 heterocycles. The zero-order valence-electron chi connectivity index (χ0n) is 15.4. The molecule has 1 saturated heterocycles. The zero-order chi connectivity index (χ0) is 18.7. The predicted molar refractivity (Wildman–Crippen MR) is 103 cm³/mol. The molecule has 0 aliphatic carbocycles. The van der Waals surface area contributed by atoms with E-state index < -0.39 is 10.0 Å². The Morgan fingerprint density at radius 1 is 1.35 bits per heavy atom. The molecule has 0 radical (unpaired) electrons. The molecule has 1 atom stereocenters. The topological polar surface area (TPSA) is 80.4 Å². The lowest BCUT2D eigenvalue weighted by molar-refractivity contribution is 0.218. The van der Waals surface area contributed by atoms with E-state index in [9.17, 15) is 8.42 Å². The minimum absolute atomic E-state index is 0.0438. The van der Waals surface area contributed by atoms with Gasteiger partial charge in [-0.1, -0.05) is 13.8 Å². The molecule has 1 aliphatic rings. The Bertz CT molecular complexity index is 809. The Balaban J connectivity index is 1.76. The van der Waals surface area contributed by atoms with Gasteiger partial charge in [0.15, 0.2) is 5.03 Å². The first-order chi connectivity index (χ1) is 12.4. The van der Waals surface area contributed by atoms with Crippen LogP contribution in [0.1, 0.15) is 37.2 Å². The number of aromatic nitrogens is 2. The molecule has 9 heteroatoms. The highest BCUT2D eigenvalue weighted by Crippen LogP contribution is 2.25. The lowest BCUT2D eigenvalue weighted by Crippen LogP contribution is -2.42. The molecule has 1 N–H and O–H groups in total. The van der Waals surface area contributed by atoms with Gasteiger partial charge in [0.25, 0.3) is 10.0 Å². The van der Waals surface area contributed by atoms with Crippen molar-refractivity contribution >= 4 is 21.8 Å². The van der Waals surface area contributed by atoms with E-state index >= 15 is 0 Å². The molecule has 2 aromatic heterocycles. The van der Waals surface area contributed by atoms with Crippen LogP contribution in [-0.2, 0) is 17.1 Å². The van der Waals surface area contributed by atoms with Crippen molar-refractivity contribution in [1.29, 1.82) is 0 Å². The number of imidazole rings is 1. The van der Waals surface area contributed by atoms with Crippen molar-refractivity contribution in [3.63, 3.8) is 0 Å². The lowest BCUT2D eigenvalue weighted by atomic mass is 10.1. The summed E-state index contributed by atoms with van der Waals surface area (Å²) in [6.07, 6.45) is 4.89. The van der Waals surface area contributed by atoms with E-state index in [1.54, 1.807) is 23.3 Å². The van der Waals surface area contributed by atoms with E-state index in [1.165, 1.54) is 0 Å². The Morgan fingerprint density at radius 2 is 2.08 bits per heavy atom. The van der Waals surface area contributed by atoms with Gasteiger partial charge in [0, 0.05) is 55.9 Å². The van der Waals surface area contributed by atoms with Gasteiger partial charge < -0.3 is 8.98 Å². The average Bonchev–Trinajstić information content (AvgIpc) is 3.26. The number of nitrogens with zero attached hydrogens (tertiary/aromatic N) is 3. The third-order valence-corrected chi connectivity index (χ3v) is 6.80. The maximum Gasteiger partial charge on any atom is 0.259 e.